The molecule has 0 saturated heterocycles. The Morgan fingerprint density at radius 3 is 2.19 bits per heavy atom. The van der Waals surface area contributed by atoms with Crippen molar-refractivity contribution in [2.24, 2.45) is 0 Å². The van der Waals surface area contributed by atoms with E-state index in [4.69, 9.17) is 0 Å². The van der Waals surface area contributed by atoms with Crippen LogP contribution in [-0.4, -0.2) is 6.04 Å². The second-order valence-electron chi connectivity index (χ2n) is 5.97. The minimum Gasteiger partial charge on any atom is -0.310 e. The van der Waals surface area contributed by atoms with Crippen molar-refractivity contribution >= 4 is 22.6 Å². The van der Waals surface area contributed by atoms with Crippen molar-refractivity contribution in [1.82, 2.24) is 5.32 Å². The van der Waals surface area contributed by atoms with Gasteiger partial charge in [-0.25, -0.2) is 0 Å². The highest BCUT2D eigenvalue weighted by molar-refractivity contribution is 14.1. The number of halogens is 1. The number of rotatable bonds is 4. The Bertz CT molecular complexity index is 542. The SMILES string of the molecule is Ic1ccc([C@H]2CC[C@H](NCc3ccccc3)CC2)cc1. The van der Waals surface area contributed by atoms with E-state index in [0.717, 1.165) is 12.5 Å². The van der Waals surface area contributed by atoms with Gasteiger partial charge in [0.05, 0.1) is 0 Å². The van der Waals surface area contributed by atoms with Crippen molar-refractivity contribution in [3.8, 4) is 0 Å². The Labute approximate surface area is 141 Å². The average molecular weight is 391 g/mol. The first-order valence-electron chi connectivity index (χ1n) is 7.84. The van der Waals surface area contributed by atoms with E-state index in [-0.39, 0.29) is 0 Å². The van der Waals surface area contributed by atoms with Crippen molar-refractivity contribution in [1.29, 1.82) is 0 Å². The maximum atomic E-state index is 3.72. The molecule has 21 heavy (non-hydrogen) atoms. The molecular formula is C19H22IN. The van der Waals surface area contributed by atoms with E-state index >= 15 is 0 Å². The summed E-state index contributed by atoms with van der Waals surface area (Å²) in [6, 6.07) is 20.5. The van der Waals surface area contributed by atoms with Crippen molar-refractivity contribution in [3.63, 3.8) is 0 Å². The monoisotopic (exact) mass is 391 g/mol. The van der Waals surface area contributed by atoms with Crippen molar-refractivity contribution in [3.05, 3.63) is 69.3 Å². The smallest absolute Gasteiger partial charge is 0.0208 e. The van der Waals surface area contributed by atoms with E-state index in [0.29, 0.717) is 6.04 Å². The molecule has 0 heterocycles. The lowest BCUT2D eigenvalue weighted by atomic mass is 9.82. The minimum atomic E-state index is 0.685. The van der Waals surface area contributed by atoms with Crippen LogP contribution in [0.25, 0.3) is 0 Å². The third-order valence-corrected chi connectivity index (χ3v) is 5.23. The van der Waals surface area contributed by atoms with Gasteiger partial charge in [-0.15, -0.1) is 0 Å². The summed E-state index contributed by atoms with van der Waals surface area (Å²) >= 11 is 2.38. The first-order valence-corrected chi connectivity index (χ1v) is 8.92. The maximum absolute atomic E-state index is 3.72. The molecule has 1 N–H and O–H groups in total. The Morgan fingerprint density at radius 1 is 0.857 bits per heavy atom. The van der Waals surface area contributed by atoms with Crippen LogP contribution >= 0.6 is 22.6 Å². The van der Waals surface area contributed by atoms with Crippen molar-refractivity contribution < 1.29 is 0 Å². The molecule has 0 spiro atoms. The second kappa shape index (κ2) is 7.41. The fourth-order valence-corrected chi connectivity index (χ4v) is 3.58. The Balaban J connectivity index is 1.48. The molecule has 1 aliphatic carbocycles. The molecular weight excluding hydrogens is 369 g/mol. The Morgan fingerprint density at radius 2 is 1.52 bits per heavy atom. The van der Waals surface area contributed by atoms with Crippen molar-refractivity contribution in [2.45, 2.75) is 44.2 Å². The van der Waals surface area contributed by atoms with Crippen LogP contribution in [0.3, 0.4) is 0 Å². The van der Waals surface area contributed by atoms with Gasteiger partial charge in [0, 0.05) is 16.2 Å². The molecule has 1 fully saturated rings. The molecule has 0 aliphatic heterocycles. The molecule has 1 aliphatic rings. The summed E-state index contributed by atoms with van der Waals surface area (Å²) < 4.78 is 1.33. The summed E-state index contributed by atoms with van der Waals surface area (Å²) in [5, 5.41) is 3.72. The maximum Gasteiger partial charge on any atom is 0.0208 e. The molecule has 2 aromatic carbocycles. The first kappa shape index (κ1) is 15.0. The van der Waals surface area contributed by atoms with Gasteiger partial charge in [-0.2, -0.15) is 0 Å². The molecule has 2 heteroatoms. The van der Waals surface area contributed by atoms with Gasteiger partial charge in [0.15, 0.2) is 0 Å². The zero-order valence-corrected chi connectivity index (χ0v) is 14.4. The molecule has 0 radical (unpaired) electrons. The third-order valence-electron chi connectivity index (χ3n) is 4.51. The van der Waals surface area contributed by atoms with E-state index in [1.165, 1.54) is 40.4 Å². The lowest BCUT2D eigenvalue weighted by Crippen LogP contribution is -2.32. The standard InChI is InChI=1S/C19H22IN/c20-18-10-6-16(7-11-18)17-8-12-19(13-9-17)21-14-15-4-2-1-3-5-15/h1-7,10-11,17,19,21H,8-9,12-14H2/t17-,19-. The van der Waals surface area contributed by atoms with Crippen LogP contribution in [0.4, 0.5) is 0 Å². The summed E-state index contributed by atoms with van der Waals surface area (Å²) in [6.07, 6.45) is 5.22. The van der Waals surface area contributed by atoms with E-state index in [1.807, 2.05) is 0 Å². The fraction of sp³-hybridized carbons (Fsp3) is 0.368. The second-order valence-corrected chi connectivity index (χ2v) is 7.21. The zero-order valence-electron chi connectivity index (χ0n) is 12.3. The van der Waals surface area contributed by atoms with Crippen LogP contribution in [0.15, 0.2) is 54.6 Å². The van der Waals surface area contributed by atoms with E-state index in [9.17, 15) is 0 Å². The summed E-state index contributed by atoms with van der Waals surface area (Å²) in [4.78, 5) is 0. The number of hydrogen-bond donors (Lipinski definition) is 1. The Hall–Kier alpha value is -0.870. The molecule has 110 valence electrons. The van der Waals surface area contributed by atoms with Gasteiger partial charge in [-0.3, -0.25) is 0 Å². The van der Waals surface area contributed by atoms with Gasteiger partial charge in [0.25, 0.3) is 0 Å². The van der Waals surface area contributed by atoms with E-state index < -0.39 is 0 Å². The number of hydrogen-bond acceptors (Lipinski definition) is 1. The highest BCUT2D eigenvalue weighted by Crippen LogP contribution is 2.33. The third kappa shape index (κ3) is 4.30. The zero-order chi connectivity index (χ0) is 14.5. The highest BCUT2D eigenvalue weighted by Gasteiger charge is 2.21. The number of benzene rings is 2. The molecule has 0 atom stereocenters. The molecule has 1 nitrogen and oxygen atoms in total. The van der Waals surface area contributed by atoms with Gasteiger partial charge in [0.1, 0.15) is 0 Å². The molecule has 2 aromatic rings. The molecule has 0 unspecified atom stereocenters. The molecule has 0 aromatic heterocycles. The molecule has 0 bridgehead atoms. The van der Waals surface area contributed by atoms with Gasteiger partial charge in [-0.05, 0) is 77.5 Å². The largest absolute Gasteiger partial charge is 0.310 e. The molecule has 0 amide bonds. The normalized spacial score (nSPS) is 22.1. The van der Waals surface area contributed by atoms with Gasteiger partial charge in [0.2, 0.25) is 0 Å². The topological polar surface area (TPSA) is 12.0 Å². The lowest BCUT2D eigenvalue weighted by Gasteiger charge is -2.29. The molecule has 1 saturated carbocycles. The fourth-order valence-electron chi connectivity index (χ4n) is 3.22. The van der Waals surface area contributed by atoms with Crippen LogP contribution in [0.5, 0.6) is 0 Å². The van der Waals surface area contributed by atoms with Crippen LogP contribution in [-0.2, 0) is 6.54 Å². The minimum absolute atomic E-state index is 0.685. The predicted octanol–water partition coefficient (Wildman–Crippen LogP) is 5.11. The quantitative estimate of drug-likeness (QED) is 0.715. The summed E-state index contributed by atoms with van der Waals surface area (Å²) in [5.74, 6) is 0.761. The van der Waals surface area contributed by atoms with Gasteiger partial charge in [-0.1, -0.05) is 42.5 Å². The van der Waals surface area contributed by atoms with Crippen LogP contribution in [0.2, 0.25) is 0 Å². The summed E-state index contributed by atoms with van der Waals surface area (Å²) in [6.45, 7) is 1.000. The average Bonchev–Trinajstić information content (AvgIpc) is 2.55. The van der Waals surface area contributed by atoms with Crippen LogP contribution < -0.4 is 5.32 Å². The van der Waals surface area contributed by atoms with E-state index in [2.05, 4.69) is 82.5 Å². The van der Waals surface area contributed by atoms with Gasteiger partial charge < -0.3 is 5.32 Å². The van der Waals surface area contributed by atoms with Crippen molar-refractivity contribution in [2.75, 3.05) is 0 Å². The van der Waals surface area contributed by atoms with Crippen LogP contribution in [0.1, 0.15) is 42.7 Å². The summed E-state index contributed by atoms with van der Waals surface area (Å²) in [5.41, 5.74) is 2.91. The first-order chi connectivity index (χ1) is 10.3. The van der Waals surface area contributed by atoms with Crippen LogP contribution in [0, 0.1) is 3.57 Å². The predicted molar refractivity (Wildman–Crippen MR) is 97.4 cm³/mol. The lowest BCUT2D eigenvalue weighted by molar-refractivity contribution is 0.341. The highest BCUT2D eigenvalue weighted by atomic mass is 127. The van der Waals surface area contributed by atoms with Gasteiger partial charge >= 0.3 is 0 Å². The number of nitrogens with one attached hydrogen (secondary N) is 1. The Kier molecular flexibility index (Phi) is 5.31. The van der Waals surface area contributed by atoms with E-state index in [1.54, 1.807) is 0 Å². The molecule has 3 rings (SSSR count). The summed E-state index contributed by atoms with van der Waals surface area (Å²) in [7, 11) is 0.